The van der Waals surface area contributed by atoms with Crippen molar-refractivity contribution in [2.24, 2.45) is 11.3 Å². The van der Waals surface area contributed by atoms with Gasteiger partial charge in [0.05, 0.1) is 12.5 Å². The van der Waals surface area contributed by atoms with Gasteiger partial charge in [-0.3, -0.25) is 4.79 Å². The number of fused-ring (bicyclic) bond motifs is 1. The molecule has 0 aromatic heterocycles. The van der Waals surface area contributed by atoms with Crippen LogP contribution in [0.25, 0.3) is 0 Å². The van der Waals surface area contributed by atoms with Crippen LogP contribution in [-0.4, -0.2) is 34.0 Å². The highest BCUT2D eigenvalue weighted by Gasteiger charge is 2.63. The Morgan fingerprint density at radius 3 is 3.00 bits per heavy atom. The summed E-state index contributed by atoms with van der Waals surface area (Å²) in [7, 11) is 0. The molecule has 4 heteroatoms. The first kappa shape index (κ1) is 10.5. The summed E-state index contributed by atoms with van der Waals surface area (Å²) in [4.78, 5) is 11.6. The first-order valence-corrected chi connectivity index (χ1v) is 6.06. The van der Waals surface area contributed by atoms with Crippen LogP contribution in [0, 0.1) is 11.3 Å². The summed E-state index contributed by atoms with van der Waals surface area (Å²) < 4.78 is 5.20. The zero-order chi connectivity index (χ0) is 11.6. The van der Waals surface area contributed by atoms with Gasteiger partial charge in [-0.25, -0.2) is 0 Å². The van der Waals surface area contributed by atoms with Gasteiger partial charge in [0.25, 0.3) is 0 Å². The lowest BCUT2D eigenvalue weighted by molar-refractivity contribution is -0.242. The first-order valence-electron chi connectivity index (χ1n) is 6.06. The SMILES string of the molecule is C[C@@]1(O)[C@H](O)[C@@H]2CCC[C@@]23CC(=O)O[C@@H]1C3. The van der Waals surface area contributed by atoms with Crippen LogP contribution in [0.2, 0.25) is 0 Å². The Bertz CT molecular complexity index is 338. The lowest BCUT2D eigenvalue weighted by Gasteiger charge is -2.54. The van der Waals surface area contributed by atoms with Crippen molar-refractivity contribution in [2.45, 2.75) is 56.8 Å². The molecule has 2 N–H and O–H groups in total. The standard InChI is InChI=1S/C12H18O4/c1-11(15)8-5-12(6-9(13)16-8)4-2-3-7(12)10(11)14/h7-8,10,14-15H,2-6H2,1H3/t7-,8+,10+,11-,12+/m0/s1. The van der Waals surface area contributed by atoms with E-state index in [0.29, 0.717) is 12.8 Å². The molecule has 3 fully saturated rings. The molecule has 3 rings (SSSR count). The van der Waals surface area contributed by atoms with Crippen molar-refractivity contribution in [2.75, 3.05) is 0 Å². The van der Waals surface area contributed by atoms with E-state index in [9.17, 15) is 15.0 Å². The normalized spacial score (nSPS) is 55.7. The smallest absolute Gasteiger partial charge is 0.306 e. The molecule has 5 atom stereocenters. The summed E-state index contributed by atoms with van der Waals surface area (Å²) in [5, 5.41) is 20.5. The summed E-state index contributed by atoms with van der Waals surface area (Å²) in [6.45, 7) is 1.59. The summed E-state index contributed by atoms with van der Waals surface area (Å²) in [6, 6.07) is 0. The van der Waals surface area contributed by atoms with Crippen LogP contribution in [0.1, 0.15) is 39.0 Å². The van der Waals surface area contributed by atoms with Gasteiger partial charge in [0.2, 0.25) is 0 Å². The average molecular weight is 226 g/mol. The van der Waals surface area contributed by atoms with Gasteiger partial charge in [-0.1, -0.05) is 6.42 Å². The van der Waals surface area contributed by atoms with Gasteiger partial charge >= 0.3 is 5.97 Å². The molecule has 90 valence electrons. The predicted molar refractivity (Wildman–Crippen MR) is 55.5 cm³/mol. The quantitative estimate of drug-likeness (QED) is 0.594. The highest BCUT2D eigenvalue weighted by molar-refractivity contribution is 5.72. The van der Waals surface area contributed by atoms with Gasteiger partial charge in [-0.2, -0.15) is 0 Å². The zero-order valence-electron chi connectivity index (χ0n) is 9.48. The minimum Gasteiger partial charge on any atom is -0.459 e. The van der Waals surface area contributed by atoms with Crippen molar-refractivity contribution in [3.05, 3.63) is 0 Å². The Hall–Kier alpha value is -0.610. The van der Waals surface area contributed by atoms with E-state index in [1.54, 1.807) is 6.92 Å². The summed E-state index contributed by atoms with van der Waals surface area (Å²) in [5.41, 5.74) is -1.38. The maximum atomic E-state index is 11.6. The number of aliphatic hydroxyl groups is 2. The summed E-state index contributed by atoms with van der Waals surface area (Å²) in [5.74, 6) is -0.151. The maximum absolute atomic E-state index is 11.6. The van der Waals surface area contributed by atoms with Crippen LogP contribution in [0.5, 0.6) is 0 Å². The van der Waals surface area contributed by atoms with E-state index < -0.39 is 17.8 Å². The fourth-order valence-electron chi connectivity index (χ4n) is 4.03. The van der Waals surface area contributed by atoms with Crippen molar-refractivity contribution in [1.82, 2.24) is 0 Å². The molecule has 1 heterocycles. The van der Waals surface area contributed by atoms with Gasteiger partial charge in [0.15, 0.2) is 0 Å². The van der Waals surface area contributed by atoms with Gasteiger partial charge in [-0.15, -0.1) is 0 Å². The Kier molecular flexibility index (Phi) is 1.97. The molecule has 3 aliphatic rings. The summed E-state index contributed by atoms with van der Waals surface area (Å²) >= 11 is 0. The van der Waals surface area contributed by atoms with E-state index in [1.165, 1.54) is 0 Å². The number of hydrogen-bond acceptors (Lipinski definition) is 4. The minimum absolute atomic E-state index is 0.0617. The third-order valence-corrected chi connectivity index (χ3v) is 4.97. The summed E-state index contributed by atoms with van der Waals surface area (Å²) in [6.07, 6.45) is 2.78. The van der Waals surface area contributed by atoms with Crippen molar-refractivity contribution >= 4 is 5.97 Å². The van der Waals surface area contributed by atoms with Crippen LogP contribution < -0.4 is 0 Å². The molecule has 0 aromatic rings. The highest BCUT2D eigenvalue weighted by atomic mass is 16.6. The van der Waals surface area contributed by atoms with E-state index in [-0.39, 0.29) is 17.3 Å². The van der Waals surface area contributed by atoms with E-state index >= 15 is 0 Å². The second-order valence-electron chi connectivity index (χ2n) is 5.89. The number of ether oxygens (including phenoxy) is 1. The lowest BCUT2D eigenvalue weighted by Crippen LogP contribution is -2.65. The molecule has 16 heavy (non-hydrogen) atoms. The first-order chi connectivity index (χ1) is 7.46. The van der Waals surface area contributed by atoms with E-state index in [2.05, 4.69) is 0 Å². The predicted octanol–water partition coefficient (Wildman–Crippen LogP) is 0.604. The fraction of sp³-hybridized carbons (Fsp3) is 0.917. The van der Waals surface area contributed by atoms with Crippen LogP contribution in [0.3, 0.4) is 0 Å². The Balaban J connectivity index is 2.03. The molecular weight excluding hydrogens is 208 g/mol. The topological polar surface area (TPSA) is 66.8 Å². The molecule has 1 spiro atoms. The van der Waals surface area contributed by atoms with Crippen LogP contribution >= 0.6 is 0 Å². The van der Waals surface area contributed by atoms with E-state index in [1.807, 2.05) is 0 Å². The van der Waals surface area contributed by atoms with Crippen molar-refractivity contribution < 1.29 is 19.7 Å². The average Bonchev–Trinajstić information content (AvgIpc) is 2.57. The Morgan fingerprint density at radius 1 is 1.50 bits per heavy atom. The highest BCUT2D eigenvalue weighted by Crippen LogP contribution is 2.59. The van der Waals surface area contributed by atoms with Crippen molar-refractivity contribution in [3.8, 4) is 0 Å². The van der Waals surface area contributed by atoms with Crippen molar-refractivity contribution in [1.29, 1.82) is 0 Å². The van der Waals surface area contributed by atoms with Crippen LogP contribution in [-0.2, 0) is 9.53 Å². The van der Waals surface area contributed by atoms with Gasteiger partial charge in [0, 0.05) is 0 Å². The molecule has 1 saturated heterocycles. The number of carbonyl (C=O) groups excluding carboxylic acids is 1. The number of esters is 1. The number of aliphatic hydroxyl groups excluding tert-OH is 1. The molecule has 1 aliphatic heterocycles. The third-order valence-electron chi connectivity index (χ3n) is 4.97. The number of rotatable bonds is 0. The van der Waals surface area contributed by atoms with Crippen LogP contribution in [0.4, 0.5) is 0 Å². The third kappa shape index (κ3) is 1.14. The monoisotopic (exact) mass is 226 g/mol. The molecule has 0 amide bonds. The Morgan fingerprint density at radius 2 is 2.25 bits per heavy atom. The van der Waals surface area contributed by atoms with Gasteiger partial charge in [-0.05, 0) is 37.5 Å². The Labute approximate surface area is 94.6 Å². The molecule has 0 unspecified atom stereocenters. The maximum Gasteiger partial charge on any atom is 0.306 e. The molecule has 0 aromatic carbocycles. The minimum atomic E-state index is -1.28. The van der Waals surface area contributed by atoms with E-state index in [4.69, 9.17) is 4.74 Å². The van der Waals surface area contributed by atoms with Crippen molar-refractivity contribution in [3.63, 3.8) is 0 Å². The molecule has 4 nitrogen and oxygen atoms in total. The second kappa shape index (κ2) is 2.99. The molecule has 2 saturated carbocycles. The molecule has 2 bridgehead atoms. The number of carbonyl (C=O) groups is 1. The van der Waals surface area contributed by atoms with E-state index in [0.717, 1.165) is 19.3 Å². The number of hydrogen-bond donors (Lipinski definition) is 2. The van der Waals surface area contributed by atoms with Gasteiger partial charge < -0.3 is 14.9 Å². The second-order valence-corrected chi connectivity index (χ2v) is 5.89. The zero-order valence-corrected chi connectivity index (χ0v) is 9.48. The molecule has 2 aliphatic carbocycles. The largest absolute Gasteiger partial charge is 0.459 e. The van der Waals surface area contributed by atoms with Gasteiger partial charge in [0.1, 0.15) is 11.7 Å². The lowest BCUT2D eigenvalue weighted by atomic mass is 9.58. The fourth-order valence-corrected chi connectivity index (χ4v) is 4.03. The molecule has 0 radical (unpaired) electrons. The van der Waals surface area contributed by atoms with Crippen LogP contribution in [0.15, 0.2) is 0 Å². The molecular formula is C12H18O4.